The molecule has 0 bridgehead atoms. The average Bonchev–Trinajstić information content (AvgIpc) is 2.03. The molecule has 12 heavy (non-hydrogen) atoms. The van der Waals surface area contributed by atoms with E-state index in [1.54, 1.807) is 0 Å². The van der Waals surface area contributed by atoms with Crippen LogP contribution in [0, 0.1) is 12.3 Å². The first-order chi connectivity index (χ1) is 5.41. The number of terminal acetylenes is 1. The van der Waals surface area contributed by atoms with Gasteiger partial charge in [-0.05, 0) is 6.42 Å². The van der Waals surface area contributed by atoms with Crippen molar-refractivity contribution in [3.8, 4) is 12.3 Å². The topological polar surface area (TPSA) is 31.5 Å². The highest BCUT2D eigenvalue weighted by Crippen LogP contribution is 2.07. The number of unbranched alkanes of at least 4 members (excludes halogenated alkanes) is 7. The normalized spacial score (nSPS) is 8.67. The van der Waals surface area contributed by atoms with E-state index in [9.17, 15) is 0 Å². The molecule has 1 nitrogen and oxygen atoms in total. The van der Waals surface area contributed by atoms with E-state index in [1.807, 2.05) is 0 Å². The Bertz CT molecular complexity index is 102. The lowest BCUT2D eigenvalue weighted by Gasteiger charge is -1.97. The molecule has 0 saturated heterocycles. The van der Waals surface area contributed by atoms with Gasteiger partial charge in [-0.15, -0.1) is 12.3 Å². The van der Waals surface area contributed by atoms with Crippen LogP contribution >= 0.6 is 0 Å². The molecule has 0 amide bonds. The highest BCUT2D eigenvalue weighted by Gasteiger charge is 1.88. The largest absolute Gasteiger partial charge is 0.412 e. The average molecular weight is 170 g/mol. The molecule has 0 aromatic heterocycles. The van der Waals surface area contributed by atoms with Crippen LogP contribution in [-0.4, -0.2) is 5.48 Å². The van der Waals surface area contributed by atoms with Crippen molar-refractivity contribution < 1.29 is 5.48 Å². The fraction of sp³-hybridized carbons (Fsp3) is 0.818. The molecule has 0 spiro atoms. The van der Waals surface area contributed by atoms with Crippen LogP contribution in [-0.2, 0) is 0 Å². The third kappa shape index (κ3) is 12.2. The van der Waals surface area contributed by atoms with E-state index in [0.717, 1.165) is 6.42 Å². The molecule has 0 radical (unpaired) electrons. The van der Waals surface area contributed by atoms with Crippen LogP contribution in [0.2, 0.25) is 0 Å². The Morgan fingerprint density at radius 2 is 1.42 bits per heavy atom. The quantitative estimate of drug-likeness (QED) is 0.415. The second kappa shape index (κ2) is 13.1. The molecule has 2 N–H and O–H groups in total. The minimum atomic E-state index is 0. The maximum Gasteiger partial charge on any atom is 0.00860 e. The SMILES string of the molecule is C#CCCCCCCCCC.O. The predicted molar refractivity (Wildman–Crippen MR) is 55.1 cm³/mol. The molecule has 0 aliphatic carbocycles. The van der Waals surface area contributed by atoms with Gasteiger partial charge in [-0.2, -0.15) is 0 Å². The van der Waals surface area contributed by atoms with Gasteiger partial charge < -0.3 is 5.48 Å². The first kappa shape index (κ1) is 14.1. The smallest absolute Gasteiger partial charge is 0.00860 e. The number of hydrogen-bond donors (Lipinski definition) is 0. The maximum atomic E-state index is 5.14. The van der Waals surface area contributed by atoms with Crippen LogP contribution in [0.15, 0.2) is 0 Å². The van der Waals surface area contributed by atoms with Crippen LogP contribution in [0.5, 0.6) is 0 Å². The van der Waals surface area contributed by atoms with Crippen molar-refractivity contribution in [2.75, 3.05) is 0 Å². The van der Waals surface area contributed by atoms with Gasteiger partial charge in [0.05, 0.1) is 0 Å². The minimum Gasteiger partial charge on any atom is -0.412 e. The van der Waals surface area contributed by atoms with Gasteiger partial charge in [0.25, 0.3) is 0 Å². The number of hydrogen-bond acceptors (Lipinski definition) is 0. The van der Waals surface area contributed by atoms with Crippen LogP contribution in [0.25, 0.3) is 0 Å². The summed E-state index contributed by atoms with van der Waals surface area (Å²) >= 11 is 0. The van der Waals surface area contributed by atoms with Gasteiger partial charge in [-0.25, -0.2) is 0 Å². The monoisotopic (exact) mass is 170 g/mol. The summed E-state index contributed by atoms with van der Waals surface area (Å²) in [5, 5.41) is 0. The Morgan fingerprint density at radius 3 is 1.92 bits per heavy atom. The lowest BCUT2D eigenvalue weighted by Crippen LogP contribution is -1.78. The molecular weight excluding hydrogens is 148 g/mol. The van der Waals surface area contributed by atoms with Crippen molar-refractivity contribution in [1.82, 2.24) is 0 Å². The van der Waals surface area contributed by atoms with E-state index in [2.05, 4.69) is 12.8 Å². The second-order valence-corrected chi connectivity index (χ2v) is 3.08. The maximum absolute atomic E-state index is 5.14. The van der Waals surface area contributed by atoms with E-state index in [1.165, 1.54) is 44.9 Å². The Morgan fingerprint density at radius 1 is 0.917 bits per heavy atom. The van der Waals surface area contributed by atoms with Crippen molar-refractivity contribution in [1.29, 1.82) is 0 Å². The predicted octanol–water partition coefficient (Wildman–Crippen LogP) is 2.94. The van der Waals surface area contributed by atoms with Crippen molar-refractivity contribution in [2.24, 2.45) is 0 Å². The van der Waals surface area contributed by atoms with Gasteiger partial charge in [0.15, 0.2) is 0 Å². The van der Waals surface area contributed by atoms with Crippen molar-refractivity contribution >= 4 is 0 Å². The Labute approximate surface area is 76.9 Å². The zero-order valence-corrected chi connectivity index (χ0v) is 8.23. The Hall–Kier alpha value is -0.480. The summed E-state index contributed by atoms with van der Waals surface area (Å²) in [6.45, 7) is 2.25. The number of rotatable bonds is 7. The third-order valence-electron chi connectivity index (χ3n) is 1.92. The molecule has 0 heterocycles. The Kier molecular flexibility index (Phi) is 15.4. The molecule has 0 saturated carbocycles. The molecule has 0 aromatic carbocycles. The van der Waals surface area contributed by atoms with Crippen molar-refractivity contribution in [3.05, 3.63) is 0 Å². The first-order valence-corrected chi connectivity index (χ1v) is 4.85. The molecular formula is C11H22O. The fourth-order valence-corrected chi connectivity index (χ4v) is 1.18. The highest BCUT2D eigenvalue weighted by atomic mass is 16.0. The van der Waals surface area contributed by atoms with Gasteiger partial charge in [-0.1, -0.05) is 45.4 Å². The Balaban J connectivity index is 0. The zero-order valence-electron chi connectivity index (χ0n) is 8.23. The van der Waals surface area contributed by atoms with Crippen LogP contribution in [0.4, 0.5) is 0 Å². The summed E-state index contributed by atoms with van der Waals surface area (Å²) in [5.74, 6) is 2.67. The summed E-state index contributed by atoms with van der Waals surface area (Å²) in [7, 11) is 0. The third-order valence-corrected chi connectivity index (χ3v) is 1.92. The van der Waals surface area contributed by atoms with Crippen molar-refractivity contribution in [3.63, 3.8) is 0 Å². The minimum absolute atomic E-state index is 0. The molecule has 0 aliphatic rings. The molecule has 0 aliphatic heterocycles. The molecule has 0 atom stereocenters. The summed E-state index contributed by atoms with van der Waals surface area (Å²) < 4.78 is 0. The van der Waals surface area contributed by atoms with E-state index in [4.69, 9.17) is 6.42 Å². The molecule has 0 rings (SSSR count). The molecule has 0 aromatic rings. The van der Waals surface area contributed by atoms with Crippen LogP contribution in [0.3, 0.4) is 0 Å². The van der Waals surface area contributed by atoms with Crippen LogP contribution < -0.4 is 0 Å². The summed E-state index contributed by atoms with van der Waals surface area (Å²) in [6, 6.07) is 0. The van der Waals surface area contributed by atoms with E-state index in [-0.39, 0.29) is 5.48 Å². The second-order valence-electron chi connectivity index (χ2n) is 3.08. The van der Waals surface area contributed by atoms with Gasteiger partial charge in [-0.3, -0.25) is 0 Å². The van der Waals surface area contributed by atoms with E-state index in [0.29, 0.717) is 0 Å². The summed E-state index contributed by atoms with van der Waals surface area (Å²) in [4.78, 5) is 0. The fourth-order valence-electron chi connectivity index (χ4n) is 1.18. The van der Waals surface area contributed by atoms with Gasteiger partial charge >= 0.3 is 0 Å². The standard InChI is InChI=1S/C11H20.H2O/c1-3-5-7-9-11-10-8-6-4-2;/h1H,4-11H2,2H3;1H2. The van der Waals surface area contributed by atoms with Gasteiger partial charge in [0.2, 0.25) is 0 Å². The van der Waals surface area contributed by atoms with E-state index < -0.39 is 0 Å². The lowest BCUT2D eigenvalue weighted by atomic mass is 10.1. The summed E-state index contributed by atoms with van der Waals surface area (Å²) in [6.07, 6.45) is 15.6. The highest BCUT2D eigenvalue weighted by molar-refractivity contribution is 4.82. The molecule has 72 valence electrons. The summed E-state index contributed by atoms with van der Waals surface area (Å²) in [5.41, 5.74) is 0. The molecule has 0 fully saturated rings. The van der Waals surface area contributed by atoms with Gasteiger partial charge in [0.1, 0.15) is 0 Å². The van der Waals surface area contributed by atoms with Crippen LogP contribution in [0.1, 0.15) is 58.3 Å². The first-order valence-electron chi connectivity index (χ1n) is 4.85. The van der Waals surface area contributed by atoms with Gasteiger partial charge in [0, 0.05) is 6.42 Å². The molecule has 1 heteroatoms. The zero-order chi connectivity index (χ0) is 8.36. The molecule has 0 unspecified atom stereocenters. The van der Waals surface area contributed by atoms with Crippen molar-refractivity contribution in [2.45, 2.75) is 58.3 Å². The lowest BCUT2D eigenvalue weighted by molar-refractivity contribution is 0.594. The van der Waals surface area contributed by atoms with E-state index >= 15 is 0 Å².